The van der Waals surface area contributed by atoms with Crippen LogP contribution >= 0.6 is 11.8 Å². The zero-order valence-electron chi connectivity index (χ0n) is 23.2. The second-order valence-corrected chi connectivity index (χ2v) is 11.6. The van der Waals surface area contributed by atoms with Crippen LogP contribution in [0.1, 0.15) is 48.1 Å². The number of thioether (sulfide) groups is 1. The zero-order valence-corrected chi connectivity index (χ0v) is 24.0. The van der Waals surface area contributed by atoms with Gasteiger partial charge in [-0.05, 0) is 53.3 Å². The van der Waals surface area contributed by atoms with E-state index < -0.39 is 0 Å². The number of para-hydroxylation sites is 3. The fourth-order valence-electron chi connectivity index (χ4n) is 4.75. The van der Waals surface area contributed by atoms with Crippen LogP contribution in [0.5, 0.6) is 5.75 Å². The molecule has 0 saturated carbocycles. The molecule has 3 aromatic carbocycles. The van der Waals surface area contributed by atoms with Gasteiger partial charge in [-0.25, -0.2) is 0 Å². The van der Waals surface area contributed by atoms with E-state index in [1.807, 2.05) is 76.2 Å². The van der Waals surface area contributed by atoms with Crippen LogP contribution in [0.25, 0.3) is 5.69 Å². The van der Waals surface area contributed by atoms with Crippen molar-refractivity contribution in [3.05, 3.63) is 95.3 Å². The second kappa shape index (κ2) is 11.6. The molecule has 1 N–H and O–H groups in total. The predicted molar refractivity (Wildman–Crippen MR) is 157 cm³/mol. The summed E-state index contributed by atoms with van der Waals surface area (Å²) in [7, 11) is 1.60. The Balaban J connectivity index is 1.35. The van der Waals surface area contributed by atoms with E-state index >= 15 is 0 Å². The number of amides is 2. The first-order valence-corrected chi connectivity index (χ1v) is 14.2. The van der Waals surface area contributed by atoms with Gasteiger partial charge >= 0.3 is 0 Å². The number of methoxy groups -OCH3 is 1. The van der Waals surface area contributed by atoms with Crippen molar-refractivity contribution in [3.63, 3.8) is 0 Å². The zero-order chi connectivity index (χ0) is 28.3. The van der Waals surface area contributed by atoms with Crippen LogP contribution in [0.3, 0.4) is 0 Å². The molecule has 1 aromatic heterocycles. The largest absolute Gasteiger partial charge is 0.495 e. The standard InChI is InChI=1S/C31H33N5O3S/c1-31(2,3)23-15-13-22(14-16-23)29(38)32-19-27-33-34-30(36(27)25-11-7-8-12-26(25)39-4)40-20-28(37)35-18-17-21-9-5-6-10-24(21)35/h5-16H,17-20H2,1-4H3,(H,32,38). The van der Waals surface area contributed by atoms with Crippen molar-refractivity contribution in [1.82, 2.24) is 20.1 Å². The van der Waals surface area contributed by atoms with Gasteiger partial charge in [-0.3, -0.25) is 14.2 Å². The number of carbonyl (C=O) groups is 2. The lowest BCUT2D eigenvalue weighted by Crippen LogP contribution is -2.30. The molecule has 2 amide bonds. The number of carbonyl (C=O) groups excluding carboxylic acids is 2. The summed E-state index contributed by atoms with van der Waals surface area (Å²) in [4.78, 5) is 28.0. The van der Waals surface area contributed by atoms with Crippen LogP contribution < -0.4 is 15.0 Å². The van der Waals surface area contributed by atoms with Crippen LogP contribution in [0.4, 0.5) is 5.69 Å². The molecule has 206 valence electrons. The molecule has 1 aliphatic heterocycles. The first-order chi connectivity index (χ1) is 19.3. The summed E-state index contributed by atoms with van der Waals surface area (Å²) in [6, 6.07) is 23.2. The van der Waals surface area contributed by atoms with E-state index in [2.05, 4.69) is 42.4 Å². The Hall–Kier alpha value is -4.11. The summed E-state index contributed by atoms with van der Waals surface area (Å²) >= 11 is 1.32. The Morgan fingerprint density at radius 1 is 0.950 bits per heavy atom. The molecule has 0 spiro atoms. The number of hydrogen-bond acceptors (Lipinski definition) is 6. The molecule has 0 atom stereocenters. The monoisotopic (exact) mass is 555 g/mol. The van der Waals surface area contributed by atoms with Gasteiger partial charge in [0.05, 0.1) is 25.1 Å². The molecule has 2 heterocycles. The van der Waals surface area contributed by atoms with Gasteiger partial charge in [0.1, 0.15) is 5.75 Å². The summed E-state index contributed by atoms with van der Waals surface area (Å²) in [5.41, 5.74) is 4.63. The van der Waals surface area contributed by atoms with Crippen molar-refractivity contribution >= 4 is 29.3 Å². The third-order valence-corrected chi connectivity index (χ3v) is 7.87. The van der Waals surface area contributed by atoms with E-state index in [-0.39, 0.29) is 29.5 Å². The van der Waals surface area contributed by atoms with Crippen molar-refractivity contribution in [1.29, 1.82) is 0 Å². The van der Waals surface area contributed by atoms with Gasteiger partial charge in [0.15, 0.2) is 11.0 Å². The molecule has 5 rings (SSSR count). The van der Waals surface area contributed by atoms with Crippen LogP contribution in [-0.2, 0) is 23.2 Å². The van der Waals surface area contributed by atoms with Crippen molar-refractivity contribution in [2.24, 2.45) is 0 Å². The van der Waals surface area contributed by atoms with Crippen molar-refractivity contribution in [2.75, 3.05) is 24.3 Å². The number of rotatable bonds is 8. The molecule has 1 aliphatic rings. The molecule has 0 bridgehead atoms. The number of fused-ring (bicyclic) bond motifs is 1. The quantitative estimate of drug-likeness (QED) is 0.301. The lowest BCUT2D eigenvalue weighted by Gasteiger charge is -2.19. The van der Waals surface area contributed by atoms with Gasteiger partial charge in [0.2, 0.25) is 5.91 Å². The first-order valence-electron chi connectivity index (χ1n) is 13.2. The van der Waals surface area contributed by atoms with Crippen LogP contribution in [0, 0.1) is 0 Å². The topological polar surface area (TPSA) is 89.3 Å². The number of hydrogen-bond donors (Lipinski definition) is 1. The normalized spacial score (nSPS) is 12.8. The minimum atomic E-state index is -0.202. The van der Waals surface area contributed by atoms with Gasteiger partial charge in [-0.1, -0.05) is 75.0 Å². The fraction of sp³-hybridized carbons (Fsp3) is 0.290. The van der Waals surface area contributed by atoms with E-state index in [0.717, 1.165) is 23.4 Å². The smallest absolute Gasteiger partial charge is 0.251 e. The maximum absolute atomic E-state index is 13.2. The SMILES string of the molecule is COc1ccccc1-n1c(CNC(=O)c2ccc(C(C)(C)C)cc2)nnc1SCC(=O)N1CCc2ccccc21. The van der Waals surface area contributed by atoms with Crippen LogP contribution in [0.2, 0.25) is 0 Å². The number of anilines is 1. The molecule has 4 aromatic rings. The van der Waals surface area contributed by atoms with Gasteiger partial charge in [-0.2, -0.15) is 0 Å². The number of aromatic nitrogens is 3. The summed E-state index contributed by atoms with van der Waals surface area (Å²) in [5, 5.41) is 12.3. The van der Waals surface area contributed by atoms with Gasteiger partial charge in [0.25, 0.3) is 5.91 Å². The average molecular weight is 556 g/mol. The van der Waals surface area contributed by atoms with Crippen molar-refractivity contribution < 1.29 is 14.3 Å². The Bertz CT molecular complexity index is 1520. The van der Waals surface area contributed by atoms with E-state index in [9.17, 15) is 9.59 Å². The van der Waals surface area contributed by atoms with E-state index in [1.165, 1.54) is 17.3 Å². The fourth-order valence-corrected chi connectivity index (χ4v) is 5.59. The first kappa shape index (κ1) is 27.5. The molecular weight excluding hydrogens is 522 g/mol. The summed E-state index contributed by atoms with van der Waals surface area (Å²) in [5.74, 6) is 1.18. The highest BCUT2D eigenvalue weighted by molar-refractivity contribution is 7.99. The predicted octanol–water partition coefficient (Wildman–Crippen LogP) is 5.18. The van der Waals surface area contributed by atoms with Gasteiger partial charge < -0.3 is 15.0 Å². The summed E-state index contributed by atoms with van der Waals surface area (Å²) < 4.78 is 7.46. The molecule has 0 saturated heterocycles. The number of ether oxygens (including phenoxy) is 1. The Kier molecular flexibility index (Phi) is 7.93. The molecular formula is C31H33N5O3S. The van der Waals surface area contributed by atoms with Crippen LogP contribution in [0.15, 0.2) is 78.0 Å². The number of nitrogens with zero attached hydrogens (tertiary/aromatic N) is 4. The second-order valence-electron chi connectivity index (χ2n) is 10.6. The summed E-state index contributed by atoms with van der Waals surface area (Å²) in [6.07, 6.45) is 0.854. The van der Waals surface area contributed by atoms with Gasteiger partial charge in [-0.15, -0.1) is 10.2 Å². The Morgan fingerprint density at radius 3 is 2.38 bits per heavy atom. The lowest BCUT2D eigenvalue weighted by atomic mass is 9.87. The van der Waals surface area contributed by atoms with E-state index in [4.69, 9.17) is 4.74 Å². The molecule has 0 radical (unpaired) electrons. The third-order valence-electron chi connectivity index (χ3n) is 6.96. The minimum Gasteiger partial charge on any atom is -0.495 e. The Morgan fingerprint density at radius 2 is 1.65 bits per heavy atom. The molecule has 40 heavy (non-hydrogen) atoms. The maximum atomic E-state index is 13.2. The van der Waals surface area contributed by atoms with E-state index in [0.29, 0.717) is 28.8 Å². The molecule has 0 fully saturated rings. The summed E-state index contributed by atoms with van der Waals surface area (Å²) in [6.45, 7) is 7.24. The van der Waals surface area contributed by atoms with Crippen molar-refractivity contribution in [2.45, 2.75) is 44.3 Å². The highest BCUT2D eigenvalue weighted by Gasteiger charge is 2.26. The average Bonchev–Trinajstić information content (AvgIpc) is 3.58. The molecule has 0 unspecified atom stereocenters. The van der Waals surface area contributed by atoms with Crippen LogP contribution in [-0.4, -0.2) is 46.0 Å². The highest BCUT2D eigenvalue weighted by Crippen LogP contribution is 2.31. The van der Waals surface area contributed by atoms with Crippen molar-refractivity contribution in [3.8, 4) is 11.4 Å². The molecule has 9 heteroatoms. The third kappa shape index (κ3) is 5.74. The number of benzene rings is 3. The molecule has 8 nitrogen and oxygen atoms in total. The minimum absolute atomic E-state index is 0.00772. The lowest BCUT2D eigenvalue weighted by molar-refractivity contribution is -0.116. The number of nitrogens with one attached hydrogen (secondary N) is 1. The Labute approximate surface area is 238 Å². The molecule has 0 aliphatic carbocycles. The highest BCUT2D eigenvalue weighted by atomic mass is 32.2. The van der Waals surface area contributed by atoms with E-state index in [1.54, 1.807) is 7.11 Å². The maximum Gasteiger partial charge on any atom is 0.251 e. The van der Waals surface area contributed by atoms with Gasteiger partial charge in [0, 0.05) is 17.8 Å².